The van der Waals surface area contributed by atoms with Crippen LogP contribution in [0.4, 0.5) is 28.2 Å². The van der Waals surface area contributed by atoms with Crippen molar-refractivity contribution in [2.75, 3.05) is 57.4 Å². The highest BCUT2D eigenvalue weighted by Crippen LogP contribution is 2.57. The zero-order valence-electron chi connectivity index (χ0n) is 43.5. The summed E-state index contributed by atoms with van der Waals surface area (Å²) in [6.45, 7) is 6.61. The number of nitrogens with zero attached hydrogens (tertiary/aromatic N) is 5. The number of carbonyl (C=O) groups is 4. The molecule has 4 fully saturated rings. The summed E-state index contributed by atoms with van der Waals surface area (Å²) in [4.78, 5) is 56.8. The van der Waals surface area contributed by atoms with Crippen molar-refractivity contribution in [1.82, 2.24) is 30.2 Å². The maximum atomic E-state index is 16.5. The number of carbonyl (C=O) groups excluding carboxylic acids is 4. The summed E-state index contributed by atoms with van der Waals surface area (Å²) in [5, 5.41) is 19.5. The lowest BCUT2D eigenvalue weighted by molar-refractivity contribution is -0.138. The second kappa shape index (κ2) is 22.2. The van der Waals surface area contributed by atoms with Crippen LogP contribution in [-0.4, -0.2) is 113 Å². The molecule has 77 heavy (non-hydrogen) atoms. The number of nitrogens with one attached hydrogen (secondary N) is 2. The van der Waals surface area contributed by atoms with Gasteiger partial charge in [0.15, 0.2) is 28.8 Å². The molecule has 1 saturated carbocycles. The number of benzene rings is 4. The van der Waals surface area contributed by atoms with Crippen LogP contribution in [0.2, 0.25) is 5.02 Å². The third-order valence-electron chi connectivity index (χ3n) is 17.1. The van der Waals surface area contributed by atoms with Gasteiger partial charge in [0.25, 0.3) is 0 Å². The number of urea groups is 1. The van der Waals surface area contributed by atoms with Gasteiger partial charge in [0.2, 0.25) is 17.7 Å². The van der Waals surface area contributed by atoms with E-state index >= 15 is 17.6 Å². The Balaban J connectivity index is 0.730. The van der Waals surface area contributed by atoms with Gasteiger partial charge in [-0.2, -0.15) is 5.10 Å². The summed E-state index contributed by atoms with van der Waals surface area (Å²) in [6.07, 6.45) is 6.91. The van der Waals surface area contributed by atoms with Crippen LogP contribution in [0.25, 0.3) is 22.0 Å². The van der Waals surface area contributed by atoms with Gasteiger partial charge >= 0.3 is 6.03 Å². The van der Waals surface area contributed by atoms with Crippen LogP contribution in [0.1, 0.15) is 117 Å². The number of hydrogen-bond donors (Lipinski definition) is 4. The first-order chi connectivity index (χ1) is 37.0. The Morgan fingerprint density at radius 3 is 2.31 bits per heavy atom. The molecule has 20 heteroatoms. The Labute approximate surface area is 449 Å². The number of aryl methyl sites for hydroxylation is 1. The standard InChI is InChI=1S/C57H65ClF4N8O7/c1-31(68-22-17-34(18-23-68)46-40(59)28-39-52(51(46)62)67(3)66-54(39)70-24-19-44(72)65-56(70)75)27-33-15-20-69(21-16-33)55(74)35-9-11-37(12-10-35)64-30-57(36-7-5-4-6-8-36)32(2)45-43(77-57)29-41(60)49(58)48(45)47-38(53(63)73)13-14-42(50(47)61)76-26-25-71/h4-8,13-14,28-29,31-35,37,64,71H,9-12,15-27,30H2,1-3H3,(H2,63,73)(H,65,72,75)/t31?,32-,35?,37?,57-/m0/s1. The molecule has 1 unspecified atom stereocenters. The van der Waals surface area contributed by atoms with Gasteiger partial charge in [-0.15, -0.1) is 0 Å². The lowest BCUT2D eigenvalue weighted by Gasteiger charge is -2.40. The molecule has 4 aliphatic heterocycles. The van der Waals surface area contributed by atoms with Crippen molar-refractivity contribution in [2.45, 2.75) is 108 Å². The number of rotatable bonds is 15. The highest BCUT2D eigenvalue weighted by Gasteiger charge is 2.50. The molecule has 5 amide bonds. The fourth-order valence-electron chi connectivity index (χ4n) is 12.9. The lowest BCUT2D eigenvalue weighted by atomic mass is 9.77. The average Bonchev–Trinajstić information content (AvgIpc) is 3.94. The number of amides is 5. The van der Waals surface area contributed by atoms with E-state index < -0.39 is 64.3 Å². The Bertz CT molecular complexity index is 3090. The fraction of sp³-hybridized carbons (Fsp3) is 0.491. The van der Waals surface area contributed by atoms with Crippen LogP contribution >= 0.6 is 11.6 Å². The zero-order valence-corrected chi connectivity index (χ0v) is 44.2. The summed E-state index contributed by atoms with van der Waals surface area (Å²) in [5.41, 5.74) is 5.36. The summed E-state index contributed by atoms with van der Waals surface area (Å²) in [6, 6.07) is 14.1. The molecule has 0 bridgehead atoms. The van der Waals surface area contributed by atoms with Crippen molar-refractivity contribution in [3.8, 4) is 22.6 Å². The number of primary amides is 1. The molecule has 0 radical (unpaired) electrons. The number of imide groups is 1. The molecule has 4 aromatic carbocycles. The zero-order chi connectivity index (χ0) is 54.4. The topological polar surface area (TPSA) is 185 Å². The minimum absolute atomic E-state index is 0.0386. The predicted molar refractivity (Wildman–Crippen MR) is 282 cm³/mol. The molecule has 0 spiro atoms. The Morgan fingerprint density at radius 1 is 0.922 bits per heavy atom. The second-order valence-electron chi connectivity index (χ2n) is 21.6. The molecule has 5 aromatic rings. The molecule has 5 aliphatic rings. The van der Waals surface area contributed by atoms with Crippen LogP contribution in [0.15, 0.2) is 54.6 Å². The molecule has 15 nitrogen and oxygen atoms in total. The molecular weight excluding hydrogens is 1020 g/mol. The van der Waals surface area contributed by atoms with E-state index in [1.165, 1.54) is 33.8 Å². The smallest absolute Gasteiger partial charge is 0.329 e. The molecule has 5 N–H and O–H groups in total. The van der Waals surface area contributed by atoms with Crippen LogP contribution in [0.5, 0.6) is 11.5 Å². The van der Waals surface area contributed by atoms with E-state index in [9.17, 15) is 24.3 Å². The van der Waals surface area contributed by atoms with Crippen molar-refractivity contribution in [2.24, 2.45) is 24.6 Å². The SMILES string of the molecule is CC(CC1CCN(C(=O)C2CCC(NC[C@]3(c4ccccc4)Oc4cc(F)c(Cl)c(-c5c(C(N)=O)ccc(OCCO)c5F)c4[C@@H]3C)CC2)CC1)N1CCC(c2c(F)cc3c(N4CCC(=O)NC4=O)nn(C)c3c2F)CC1. The van der Waals surface area contributed by atoms with Crippen LogP contribution in [0.3, 0.4) is 0 Å². The van der Waals surface area contributed by atoms with Crippen molar-refractivity contribution >= 4 is 52.1 Å². The van der Waals surface area contributed by atoms with Gasteiger partial charge in [-0.3, -0.25) is 29.3 Å². The van der Waals surface area contributed by atoms with E-state index in [2.05, 4.69) is 27.6 Å². The van der Waals surface area contributed by atoms with E-state index in [1.54, 1.807) is 7.05 Å². The number of hydrogen-bond acceptors (Lipinski definition) is 10. The van der Waals surface area contributed by atoms with Crippen LogP contribution in [-0.2, 0) is 22.2 Å². The minimum atomic E-state index is -1.13. The van der Waals surface area contributed by atoms with Crippen molar-refractivity contribution in [3.05, 3.63) is 105 Å². The number of fused-ring (bicyclic) bond motifs is 2. The summed E-state index contributed by atoms with van der Waals surface area (Å²) >= 11 is 6.72. The molecule has 1 aromatic heterocycles. The number of anilines is 1. The Morgan fingerprint density at radius 2 is 1.64 bits per heavy atom. The summed E-state index contributed by atoms with van der Waals surface area (Å²) in [5.74, 6) is -4.95. The Hall–Kier alpha value is -6.28. The van der Waals surface area contributed by atoms with E-state index in [0.717, 1.165) is 37.7 Å². The van der Waals surface area contributed by atoms with E-state index in [0.29, 0.717) is 63.3 Å². The Kier molecular flexibility index (Phi) is 15.6. The number of aromatic nitrogens is 2. The third-order valence-corrected chi connectivity index (χ3v) is 17.5. The molecule has 3 saturated heterocycles. The number of nitrogens with two attached hydrogens (primary N) is 1. The van der Waals surface area contributed by atoms with Gasteiger partial charge in [-0.25, -0.2) is 22.4 Å². The van der Waals surface area contributed by atoms with Crippen LogP contribution < -0.4 is 30.7 Å². The van der Waals surface area contributed by atoms with Gasteiger partial charge in [0.1, 0.15) is 29.5 Å². The second-order valence-corrected chi connectivity index (χ2v) is 21.9. The molecule has 410 valence electrons. The largest absolute Gasteiger partial charge is 0.488 e. The third kappa shape index (κ3) is 10.2. The fourth-order valence-corrected chi connectivity index (χ4v) is 13.2. The van der Waals surface area contributed by atoms with Gasteiger partial charge in [-0.05, 0) is 113 Å². The molecule has 1 aliphatic carbocycles. The first-order valence-electron chi connectivity index (χ1n) is 26.8. The summed E-state index contributed by atoms with van der Waals surface area (Å²) in [7, 11) is 1.56. The number of aliphatic hydroxyl groups is 1. The quantitative estimate of drug-likeness (QED) is 0.0739. The van der Waals surface area contributed by atoms with Gasteiger partial charge < -0.3 is 35.4 Å². The number of likely N-dealkylation sites (tertiary alicyclic amines) is 2. The predicted octanol–water partition coefficient (Wildman–Crippen LogP) is 8.80. The average molecular weight is 1090 g/mol. The maximum absolute atomic E-state index is 16.5. The van der Waals surface area contributed by atoms with Crippen LogP contribution in [0, 0.1) is 35.1 Å². The van der Waals surface area contributed by atoms with E-state index in [-0.39, 0.29) is 106 Å². The highest BCUT2D eigenvalue weighted by molar-refractivity contribution is 6.34. The monoisotopic (exact) mass is 1080 g/mol. The van der Waals surface area contributed by atoms with Crippen molar-refractivity contribution < 1.29 is 51.3 Å². The first-order valence-corrected chi connectivity index (χ1v) is 27.2. The summed E-state index contributed by atoms with van der Waals surface area (Å²) < 4.78 is 78.1. The maximum Gasteiger partial charge on any atom is 0.329 e. The van der Waals surface area contributed by atoms with Gasteiger partial charge in [0, 0.05) is 91.9 Å². The van der Waals surface area contributed by atoms with E-state index in [1.807, 2.05) is 42.2 Å². The molecule has 3 atom stereocenters. The van der Waals surface area contributed by atoms with Gasteiger partial charge in [0.05, 0.1) is 22.6 Å². The van der Waals surface area contributed by atoms with E-state index in [4.69, 9.17) is 26.8 Å². The number of halogens is 5. The lowest BCUT2D eigenvalue weighted by Crippen LogP contribution is -2.49. The molecular formula is C57H65ClF4N8O7. The van der Waals surface area contributed by atoms with Gasteiger partial charge in [-0.1, -0.05) is 48.9 Å². The number of aliphatic hydroxyl groups excluding tert-OH is 1. The number of ether oxygens (including phenoxy) is 2. The number of piperidine rings is 2. The highest BCUT2D eigenvalue weighted by atomic mass is 35.5. The minimum Gasteiger partial charge on any atom is -0.488 e. The first kappa shape index (κ1) is 54.1. The molecule has 10 rings (SSSR count). The van der Waals surface area contributed by atoms with Crippen molar-refractivity contribution in [3.63, 3.8) is 0 Å². The van der Waals surface area contributed by atoms with Crippen molar-refractivity contribution in [1.29, 1.82) is 0 Å². The molecule has 5 heterocycles. The normalized spacial score (nSPS) is 23.0.